The van der Waals surface area contributed by atoms with Gasteiger partial charge in [0, 0.05) is 11.8 Å². The van der Waals surface area contributed by atoms with Crippen LogP contribution in [0.4, 0.5) is 0 Å². The van der Waals surface area contributed by atoms with E-state index in [1.165, 1.54) is 0 Å². The summed E-state index contributed by atoms with van der Waals surface area (Å²) in [6.45, 7) is 2.48. The van der Waals surface area contributed by atoms with Crippen LogP contribution in [0.2, 0.25) is 0 Å². The summed E-state index contributed by atoms with van der Waals surface area (Å²) in [5.74, 6) is 0.813. The SMILES string of the molecule is COc1ccc(Cn2nnc(C)c2-c2ccnc(C=O)c2)cc1. The van der Waals surface area contributed by atoms with Crippen LogP contribution in [0.1, 0.15) is 21.7 Å². The van der Waals surface area contributed by atoms with Crippen LogP contribution in [-0.2, 0) is 6.54 Å². The van der Waals surface area contributed by atoms with Gasteiger partial charge in [-0.1, -0.05) is 17.3 Å². The van der Waals surface area contributed by atoms with Crippen LogP contribution < -0.4 is 4.74 Å². The molecule has 0 saturated heterocycles. The van der Waals surface area contributed by atoms with Gasteiger partial charge in [-0.05, 0) is 36.8 Å². The molecule has 0 atom stereocenters. The lowest BCUT2D eigenvalue weighted by molar-refractivity contribution is 0.111. The van der Waals surface area contributed by atoms with Gasteiger partial charge < -0.3 is 4.74 Å². The van der Waals surface area contributed by atoms with Crippen LogP contribution in [-0.4, -0.2) is 33.4 Å². The van der Waals surface area contributed by atoms with E-state index in [1.807, 2.05) is 41.9 Å². The number of aryl methyl sites for hydroxylation is 1. The first kappa shape index (κ1) is 14.9. The fourth-order valence-corrected chi connectivity index (χ4v) is 2.43. The highest BCUT2D eigenvalue weighted by atomic mass is 16.5. The summed E-state index contributed by atoms with van der Waals surface area (Å²) in [7, 11) is 1.64. The normalized spacial score (nSPS) is 10.5. The summed E-state index contributed by atoms with van der Waals surface area (Å²) >= 11 is 0. The Balaban J connectivity index is 1.95. The first-order valence-corrected chi connectivity index (χ1v) is 7.16. The quantitative estimate of drug-likeness (QED) is 0.677. The molecule has 6 heteroatoms. The van der Waals surface area contributed by atoms with Gasteiger partial charge in [0.25, 0.3) is 0 Å². The fourth-order valence-electron chi connectivity index (χ4n) is 2.43. The number of nitrogens with zero attached hydrogens (tertiary/aromatic N) is 4. The number of aldehydes is 1. The lowest BCUT2D eigenvalue weighted by Gasteiger charge is -2.08. The summed E-state index contributed by atoms with van der Waals surface area (Å²) in [5.41, 5.74) is 4.03. The molecule has 0 fully saturated rings. The molecule has 0 aliphatic heterocycles. The van der Waals surface area contributed by atoms with E-state index in [0.29, 0.717) is 12.2 Å². The molecule has 3 aromatic rings. The molecular formula is C17H16N4O2. The van der Waals surface area contributed by atoms with Crippen molar-refractivity contribution in [1.29, 1.82) is 0 Å². The Morgan fingerprint density at radius 3 is 2.70 bits per heavy atom. The van der Waals surface area contributed by atoms with E-state index in [0.717, 1.165) is 34.6 Å². The number of carbonyl (C=O) groups excluding carboxylic acids is 1. The van der Waals surface area contributed by atoms with Gasteiger partial charge in [0.1, 0.15) is 11.4 Å². The van der Waals surface area contributed by atoms with Gasteiger partial charge in [-0.3, -0.25) is 9.78 Å². The molecule has 0 saturated carbocycles. The third kappa shape index (κ3) is 3.11. The zero-order valence-corrected chi connectivity index (χ0v) is 12.9. The van der Waals surface area contributed by atoms with Gasteiger partial charge >= 0.3 is 0 Å². The van der Waals surface area contributed by atoms with Crippen molar-refractivity contribution in [3.8, 4) is 17.0 Å². The summed E-state index contributed by atoms with van der Waals surface area (Å²) in [4.78, 5) is 14.9. The number of carbonyl (C=O) groups is 1. The Morgan fingerprint density at radius 1 is 1.22 bits per heavy atom. The van der Waals surface area contributed by atoms with Crippen molar-refractivity contribution in [3.63, 3.8) is 0 Å². The first-order chi connectivity index (χ1) is 11.2. The van der Waals surface area contributed by atoms with Gasteiger partial charge in [0.2, 0.25) is 0 Å². The number of methoxy groups -OCH3 is 1. The molecular weight excluding hydrogens is 292 g/mol. The molecule has 0 unspecified atom stereocenters. The number of benzene rings is 1. The molecule has 0 aliphatic carbocycles. The Morgan fingerprint density at radius 2 is 2.00 bits per heavy atom. The minimum absolute atomic E-state index is 0.388. The lowest BCUT2D eigenvalue weighted by atomic mass is 10.1. The second kappa shape index (κ2) is 6.39. The summed E-state index contributed by atoms with van der Waals surface area (Å²) in [5, 5.41) is 8.37. The molecule has 0 radical (unpaired) electrons. The molecule has 0 amide bonds. The Kier molecular flexibility index (Phi) is 4.14. The second-order valence-electron chi connectivity index (χ2n) is 5.12. The Bertz CT molecular complexity index is 825. The monoisotopic (exact) mass is 308 g/mol. The van der Waals surface area contributed by atoms with E-state index in [1.54, 1.807) is 19.4 Å². The zero-order chi connectivity index (χ0) is 16.2. The second-order valence-corrected chi connectivity index (χ2v) is 5.12. The van der Waals surface area contributed by atoms with Crippen molar-refractivity contribution < 1.29 is 9.53 Å². The molecule has 0 aliphatic rings. The summed E-state index contributed by atoms with van der Waals surface area (Å²) < 4.78 is 6.99. The van der Waals surface area contributed by atoms with Crippen molar-refractivity contribution >= 4 is 6.29 Å². The summed E-state index contributed by atoms with van der Waals surface area (Å²) in [6, 6.07) is 11.4. The van der Waals surface area contributed by atoms with E-state index in [2.05, 4.69) is 15.3 Å². The molecule has 3 rings (SSSR count). The fraction of sp³-hybridized carbons (Fsp3) is 0.176. The number of ether oxygens (including phenoxy) is 1. The molecule has 23 heavy (non-hydrogen) atoms. The minimum atomic E-state index is 0.388. The topological polar surface area (TPSA) is 69.9 Å². The van der Waals surface area contributed by atoms with Gasteiger partial charge in [-0.25, -0.2) is 4.68 Å². The van der Waals surface area contributed by atoms with Gasteiger partial charge in [-0.15, -0.1) is 5.10 Å². The van der Waals surface area contributed by atoms with Crippen molar-refractivity contribution in [3.05, 3.63) is 59.5 Å². The predicted octanol–water partition coefficient (Wildman–Crippen LogP) is 2.52. The van der Waals surface area contributed by atoms with Crippen molar-refractivity contribution in [2.24, 2.45) is 0 Å². The van der Waals surface area contributed by atoms with Gasteiger partial charge in [0.15, 0.2) is 6.29 Å². The number of rotatable bonds is 5. The van der Waals surface area contributed by atoms with Crippen LogP contribution in [0.15, 0.2) is 42.6 Å². The van der Waals surface area contributed by atoms with Gasteiger partial charge in [0.05, 0.1) is 25.0 Å². The number of hydrogen-bond acceptors (Lipinski definition) is 5. The predicted molar refractivity (Wildman–Crippen MR) is 85.5 cm³/mol. The average molecular weight is 308 g/mol. The maximum atomic E-state index is 10.9. The highest BCUT2D eigenvalue weighted by Gasteiger charge is 2.13. The van der Waals surface area contributed by atoms with Crippen LogP contribution in [0.3, 0.4) is 0 Å². The number of hydrogen-bond donors (Lipinski definition) is 0. The van der Waals surface area contributed by atoms with E-state index < -0.39 is 0 Å². The van der Waals surface area contributed by atoms with Crippen molar-refractivity contribution in [1.82, 2.24) is 20.0 Å². The lowest BCUT2D eigenvalue weighted by Crippen LogP contribution is -2.04. The Labute approximate surface area is 133 Å². The third-order valence-corrected chi connectivity index (χ3v) is 3.57. The zero-order valence-electron chi connectivity index (χ0n) is 12.9. The number of aromatic nitrogens is 4. The maximum absolute atomic E-state index is 10.9. The molecule has 2 heterocycles. The maximum Gasteiger partial charge on any atom is 0.168 e. The van der Waals surface area contributed by atoms with Gasteiger partial charge in [-0.2, -0.15) is 0 Å². The third-order valence-electron chi connectivity index (χ3n) is 3.57. The van der Waals surface area contributed by atoms with Crippen molar-refractivity contribution in [2.45, 2.75) is 13.5 Å². The molecule has 1 aromatic carbocycles. The highest BCUT2D eigenvalue weighted by Crippen LogP contribution is 2.23. The van der Waals surface area contributed by atoms with E-state index >= 15 is 0 Å². The average Bonchev–Trinajstić information content (AvgIpc) is 2.96. The van der Waals surface area contributed by atoms with E-state index in [-0.39, 0.29) is 0 Å². The Hall–Kier alpha value is -3.02. The molecule has 0 spiro atoms. The van der Waals surface area contributed by atoms with Crippen molar-refractivity contribution in [2.75, 3.05) is 7.11 Å². The molecule has 116 valence electrons. The molecule has 0 N–H and O–H groups in total. The minimum Gasteiger partial charge on any atom is -0.497 e. The standard InChI is InChI=1S/C17H16N4O2/c1-12-17(14-7-8-18-15(9-14)11-22)21(20-19-12)10-13-3-5-16(23-2)6-4-13/h3-9,11H,10H2,1-2H3. The largest absolute Gasteiger partial charge is 0.497 e. The van der Waals surface area contributed by atoms with Crippen LogP contribution >= 0.6 is 0 Å². The molecule has 6 nitrogen and oxygen atoms in total. The first-order valence-electron chi connectivity index (χ1n) is 7.16. The van der Waals surface area contributed by atoms with Crippen LogP contribution in [0.25, 0.3) is 11.3 Å². The number of pyridine rings is 1. The molecule has 0 bridgehead atoms. The van der Waals surface area contributed by atoms with Crippen LogP contribution in [0.5, 0.6) is 5.75 Å². The van der Waals surface area contributed by atoms with Crippen LogP contribution in [0, 0.1) is 6.92 Å². The summed E-state index contributed by atoms with van der Waals surface area (Å²) in [6.07, 6.45) is 2.35. The smallest absolute Gasteiger partial charge is 0.168 e. The highest BCUT2D eigenvalue weighted by molar-refractivity contribution is 5.75. The molecule has 2 aromatic heterocycles. The van der Waals surface area contributed by atoms with E-state index in [9.17, 15) is 4.79 Å². The van der Waals surface area contributed by atoms with E-state index in [4.69, 9.17) is 4.74 Å².